The Labute approximate surface area is 483 Å². The predicted octanol–water partition coefficient (Wildman–Crippen LogP) is 22.8. The molecule has 0 rings (SSSR count). The molecule has 6 nitrogen and oxygen atoms in total. The molecule has 0 spiro atoms. The van der Waals surface area contributed by atoms with Crippen molar-refractivity contribution in [3.05, 3.63) is 97.2 Å². The molecule has 0 aliphatic carbocycles. The predicted molar refractivity (Wildman–Crippen MR) is 339 cm³/mol. The lowest BCUT2D eigenvalue weighted by atomic mass is 10.0. The van der Waals surface area contributed by atoms with E-state index in [1.54, 1.807) is 0 Å². The lowest BCUT2D eigenvalue weighted by Crippen LogP contribution is -2.30. The molecule has 0 aromatic heterocycles. The average molecular weight is 1090 g/mol. The Kier molecular flexibility index (Phi) is 62.7. The summed E-state index contributed by atoms with van der Waals surface area (Å²) in [6.07, 6.45) is 88.6. The van der Waals surface area contributed by atoms with Gasteiger partial charge in [-0.1, -0.05) is 285 Å². The van der Waals surface area contributed by atoms with Gasteiger partial charge in [0.05, 0.1) is 0 Å². The summed E-state index contributed by atoms with van der Waals surface area (Å²) in [6, 6.07) is 0. The number of unbranched alkanes of at least 4 members (excludes halogenated alkanes) is 33. The van der Waals surface area contributed by atoms with Crippen LogP contribution in [0.2, 0.25) is 0 Å². The highest BCUT2D eigenvalue weighted by molar-refractivity contribution is 5.71. The topological polar surface area (TPSA) is 78.9 Å². The van der Waals surface area contributed by atoms with Crippen molar-refractivity contribution < 1.29 is 28.6 Å². The largest absolute Gasteiger partial charge is 0.462 e. The molecule has 1 unspecified atom stereocenters. The molecule has 1 atom stereocenters. The Balaban J connectivity index is 4.21. The monoisotopic (exact) mass is 1080 g/mol. The number of hydrogen-bond acceptors (Lipinski definition) is 6. The number of carbonyl (C=O) groups excluding carboxylic acids is 3. The van der Waals surface area contributed by atoms with Crippen LogP contribution in [-0.2, 0) is 28.6 Å². The van der Waals surface area contributed by atoms with Gasteiger partial charge < -0.3 is 14.2 Å². The van der Waals surface area contributed by atoms with Crippen LogP contribution >= 0.6 is 0 Å². The van der Waals surface area contributed by atoms with Crippen LogP contribution in [0.1, 0.15) is 323 Å². The molecular formula is C72H124O6. The molecule has 0 N–H and O–H groups in total. The first kappa shape index (κ1) is 74.3. The zero-order valence-electron chi connectivity index (χ0n) is 51.4. The lowest BCUT2D eigenvalue weighted by Gasteiger charge is -2.18. The van der Waals surface area contributed by atoms with Crippen molar-refractivity contribution in [3.8, 4) is 0 Å². The molecule has 78 heavy (non-hydrogen) atoms. The number of rotatable bonds is 60. The Hall–Kier alpha value is -3.67. The first-order chi connectivity index (χ1) is 38.5. The van der Waals surface area contributed by atoms with Gasteiger partial charge in [-0.25, -0.2) is 0 Å². The lowest BCUT2D eigenvalue weighted by molar-refractivity contribution is -0.167. The van der Waals surface area contributed by atoms with Crippen molar-refractivity contribution in [1.29, 1.82) is 0 Å². The molecule has 0 saturated heterocycles. The summed E-state index contributed by atoms with van der Waals surface area (Å²) in [6.45, 7) is 6.47. The number of ether oxygens (including phenoxy) is 3. The first-order valence-electron chi connectivity index (χ1n) is 33.2. The van der Waals surface area contributed by atoms with E-state index in [-0.39, 0.29) is 31.1 Å². The summed E-state index contributed by atoms with van der Waals surface area (Å²) in [5, 5.41) is 0. The second kappa shape index (κ2) is 65.8. The fourth-order valence-corrected chi connectivity index (χ4v) is 9.33. The van der Waals surface area contributed by atoms with Crippen molar-refractivity contribution in [2.75, 3.05) is 13.2 Å². The van der Waals surface area contributed by atoms with Gasteiger partial charge in [-0.15, -0.1) is 0 Å². The van der Waals surface area contributed by atoms with E-state index < -0.39 is 6.10 Å². The molecule has 0 heterocycles. The SMILES string of the molecule is CC/C=C\C/C=C\C/C=C\C/C=C\CCCCCCCCCCC(=O)OC(COC(=O)CCCCCCC/C=C\CCC)COC(=O)CCCCCCCCCCCCCCCC/C=C\C/C=C\C/C=C\CCCCCCC. The summed E-state index contributed by atoms with van der Waals surface area (Å²) in [4.78, 5) is 38.3. The molecule has 0 radical (unpaired) electrons. The van der Waals surface area contributed by atoms with Crippen LogP contribution in [0.3, 0.4) is 0 Å². The minimum atomic E-state index is -0.786. The maximum absolute atomic E-state index is 12.9. The minimum absolute atomic E-state index is 0.0826. The van der Waals surface area contributed by atoms with E-state index in [0.29, 0.717) is 19.3 Å². The van der Waals surface area contributed by atoms with Gasteiger partial charge in [0, 0.05) is 19.3 Å². The fourth-order valence-electron chi connectivity index (χ4n) is 9.33. The number of esters is 3. The summed E-state index contributed by atoms with van der Waals surface area (Å²) in [5.74, 6) is -0.893. The fraction of sp³-hybridized carbons (Fsp3) is 0.736. The molecule has 0 fully saturated rings. The average Bonchev–Trinajstić information content (AvgIpc) is 3.44. The summed E-state index contributed by atoms with van der Waals surface area (Å²) in [5.41, 5.74) is 0. The third-order valence-corrected chi connectivity index (χ3v) is 14.3. The van der Waals surface area contributed by atoms with Crippen LogP contribution in [0.4, 0.5) is 0 Å². The Morgan fingerprint density at radius 1 is 0.269 bits per heavy atom. The zero-order valence-corrected chi connectivity index (χ0v) is 51.4. The minimum Gasteiger partial charge on any atom is -0.462 e. The molecule has 0 saturated carbocycles. The van der Waals surface area contributed by atoms with E-state index in [9.17, 15) is 14.4 Å². The Morgan fingerprint density at radius 3 is 0.846 bits per heavy atom. The molecule has 448 valence electrons. The zero-order chi connectivity index (χ0) is 56.4. The number of allylic oxidation sites excluding steroid dienone is 16. The highest BCUT2D eigenvalue weighted by Gasteiger charge is 2.19. The molecule has 0 aromatic rings. The van der Waals surface area contributed by atoms with Crippen LogP contribution in [0.15, 0.2) is 97.2 Å². The van der Waals surface area contributed by atoms with E-state index >= 15 is 0 Å². The van der Waals surface area contributed by atoms with Crippen LogP contribution in [0.5, 0.6) is 0 Å². The van der Waals surface area contributed by atoms with Gasteiger partial charge in [-0.3, -0.25) is 14.4 Å². The van der Waals surface area contributed by atoms with E-state index in [0.717, 1.165) is 116 Å². The van der Waals surface area contributed by atoms with Crippen LogP contribution in [0, 0.1) is 0 Å². The molecular weight excluding hydrogens is 961 g/mol. The Bertz CT molecular complexity index is 1530. The van der Waals surface area contributed by atoms with Crippen molar-refractivity contribution >= 4 is 17.9 Å². The molecule has 6 heteroatoms. The van der Waals surface area contributed by atoms with E-state index in [1.807, 2.05) is 0 Å². The summed E-state index contributed by atoms with van der Waals surface area (Å²) in [7, 11) is 0. The smallest absolute Gasteiger partial charge is 0.306 e. The van der Waals surface area contributed by atoms with Crippen molar-refractivity contribution in [3.63, 3.8) is 0 Å². The highest BCUT2D eigenvalue weighted by atomic mass is 16.6. The Morgan fingerprint density at radius 2 is 0.526 bits per heavy atom. The molecule has 0 amide bonds. The standard InChI is InChI=1S/C72H124O6/c1-4-7-10-13-16-19-22-24-26-28-30-32-33-34-35-36-37-38-39-41-42-44-46-48-50-53-56-59-62-65-71(74)77-68-69(67-76-70(73)64-61-58-55-52-21-18-15-12-9-6-3)78-72(75)66-63-60-57-54-51-49-47-45-43-40-31-29-27-25-23-20-17-14-11-8-5-2/h8,11-12,15,17,20,22,24-25,27-28,30-31,33-34,40,69H,4-7,9-10,13-14,16,18-19,21,23,26,29,32,35-39,41-68H2,1-3H3/b11-8-,15-12-,20-17-,24-22-,27-25-,30-28-,34-33-,40-31-. The maximum Gasteiger partial charge on any atom is 0.306 e. The maximum atomic E-state index is 12.9. The van der Waals surface area contributed by atoms with Gasteiger partial charge in [0.2, 0.25) is 0 Å². The third kappa shape index (κ3) is 63.2. The van der Waals surface area contributed by atoms with Crippen LogP contribution in [-0.4, -0.2) is 37.2 Å². The van der Waals surface area contributed by atoms with Gasteiger partial charge in [0.15, 0.2) is 6.10 Å². The normalized spacial score (nSPS) is 12.7. The summed E-state index contributed by atoms with van der Waals surface area (Å²) >= 11 is 0. The van der Waals surface area contributed by atoms with Gasteiger partial charge in [-0.05, 0) is 116 Å². The van der Waals surface area contributed by atoms with Gasteiger partial charge in [-0.2, -0.15) is 0 Å². The van der Waals surface area contributed by atoms with E-state index in [1.165, 1.54) is 167 Å². The molecule has 0 bridgehead atoms. The van der Waals surface area contributed by atoms with Crippen molar-refractivity contribution in [1.82, 2.24) is 0 Å². The van der Waals surface area contributed by atoms with Crippen LogP contribution in [0.25, 0.3) is 0 Å². The quantitative estimate of drug-likeness (QED) is 0.0261. The van der Waals surface area contributed by atoms with Crippen LogP contribution < -0.4 is 0 Å². The molecule has 0 aliphatic heterocycles. The van der Waals surface area contributed by atoms with Gasteiger partial charge in [0.25, 0.3) is 0 Å². The number of hydrogen-bond donors (Lipinski definition) is 0. The van der Waals surface area contributed by atoms with E-state index in [2.05, 4.69) is 118 Å². The van der Waals surface area contributed by atoms with Gasteiger partial charge in [0.1, 0.15) is 13.2 Å². The highest BCUT2D eigenvalue weighted by Crippen LogP contribution is 2.16. The van der Waals surface area contributed by atoms with Crippen molar-refractivity contribution in [2.24, 2.45) is 0 Å². The second-order valence-corrected chi connectivity index (χ2v) is 22.0. The van der Waals surface area contributed by atoms with Crippen molar-refractivity contribution in [2.45, 2.75) is 329 Å². The molecule has 0 aliphatic rings. The molecule has 0 aromatic carbocycles. The third-order valence-electron chi connectivity index (χ3n) is 14.3. The number of carbonyl (C=O) groups is 3. The second-order valence-electron chi connectivity index (χ2n) is 22.0. The van der Waals surface area contributed by atoms with Gasteiger partial charge >= 0.3 is 17.9 Å². The van der Waals surface area contributed by atoms with E-state index in [4.69, 9.17) is 14.2 Å². The first-order valence-corrected chi connectivity index (χ1v) is 33.2. The summed E-state index contributed by atoms with van der Waals surface area (Å²) < 4.78 is 16.9.